The van der Waals surface area contributed by atoms with Gasteiger partial charge < -0.3 is 19.1 Å². The molecule has 3 fully saturated rings. The second-order valence-corrected chi connectivity index (χ2v) is 8.81. The molecule has 8 nitrogen and oxygen atoms in total. The van der Waals surface area contributed by atoms with E-state index in [1.165, 1.54) is 10.6 Å². The molecule has 138 valence electrons. The van der Waals surface area contributed by atoms with Gasteiger partial charge >= 0.3 is 0 Å². The quantitative estimate of drug-likeness (QED) is 0.646. The highest BCUT2D eigenvalue weighted by Crippen LogP contribution is 2.26. The molecule has 0 aromatic rings. The molecule has 1 amide bonds. The first kappa shape index (κ1) is 18.1. The van der Waals surface area contributed by atoms with Crippen molar-refractivity contribution in [3.63, 3.8) is 0 Å². The highest BCUT2D eigenvalue weighted by Gasteiger charge is 2.44. The molecule has 0 bridgehead atoms. The van der Waals surface area contributed by atoms with Crippen LogP contribution in [0.4, 0.5) is 0 Å². The van der Waals surface area contributed by atoms with Crippen molar-refractivity contribution in [1.29, 1.82) is 0 Å². The maximum Gasteiger partial charge on any atom is 0.226 e. The lowest BCUT2D eigenvalue weighted by molar-refractivity contribution is -0.165. The van der Waals surface area contributed by atoms with Crippen LogP contribution in [-0.2, 0) is 29.0 Å². The average molecular weight is 362 g/mol. The average Bonchev–Trinajstić information content (AvgIpc) is 2.77. The molecule has 1 spiro atoms. The van der Waals surface area contributed by atoms with Crippen LogP contribution in [0, 0.1) is 5.92 Å². The molecular formula is C15H26N2O6S. The monoisotopic (exact) mass is 362 g/mol. The lowest BCUT2D eigenvalue weighted by atomic mass is 9.96. The summed E-state index contributed by atoms with van der Waals surface area (Å²) in [4.78, 5) is 14.6. The van der Waals surface area contributed by atoms with E-state index in [4.69, 9.17) is 14.2 Å². The van der Waals surface area contributed by atoms with Crippen LogP contribution in [0.5, 0.6) is 0 Å². The van der Waals surface area contributed by atoms with Gasteiger partial charge in [0, 0.05) is 38.8 Å². The van der Waals surface area contributed by atoms with Crippen molar-refractivity contribution in [2.75, 3.05) is 65.5 Å². The number of morpholine rings is 1. The van der Waals surface area contributed by atoms with Crippen LogP contribution >= 0.6 is 0 Å². The standard InChI is InChI=1S/C15H26N2O6S/c1-24(19,20)17-5-8-22-12-15(11-17)10-16(4-9-23-15)14(18)13-2-6-21-7-3-13/h13H,2-12H2,1H3/t15-/m1/s1. The zero-order valence-electron chi connectivity index (χ0n) is 14.1. The number of hydrogen-bond donors (Lipinski definition) is 0. The van der Waals surface area contributed by atoms with Crippen molar-refractivity contribution < 1.29 is 27.4 Å². The van der Waals surface area contributed by atoms with Crippen LogP contribution in [0.2, 0.25) is 0 Å². The van der Waals surface area contributed by atoms with Crippen molar-refractivity contribution in [3.8, 4) is 0 Å². The lowest BCUT2D eigenvalue weighted by Crippen LogP contribution is -2.61. The molecule has 0 aromatic carbocycles. The van der Waals surface area contributed by atoms with E-state index in [1.807, 2.05) is 4.90 Å². The van der Waals surface area contributed by atoms with Gasteiger partial charge in [0.05, 0.1) is 32.6 Å². The maximum atomic E-state index is 12.8. The van der Waals surface area contributed by atoms with Gasteiger partial charge in [-0.2, -0.15) is 4.31 Å². The van der Waals surface area contributed by atoms with Crippen molar-refractivity contribution in [2.45, 2.75) is 18.4 Å². The summed E-state index contributed by atoms with van der Waals surface area (Å²) in [6, 6.07) is 0. The molecule has 24 heavy (non-hydrogen) atoms. The highest BCUT2D eigenvalue weighted by molar-refractivity contribution is 7.88. The van der Waals surface area contributed by atoms with Crippen molar-refractivity contribution in [3.05, 3.63) is 0 Å². The summed E-state index contributed by atoms with van der Waals surface area (Å²) < 4.78 is 42.1. The largest absolute Gasteiger partial charge is 0.381 e. The van der Waals surface area contributed by atoms with E-state index < -0.39 is 15.6 Å². The molecule has 3 rings (SSSR count). The Morgan fingerprint density at radius 2 is 1.79 bits per heavy atom. The lowest BCUT2D eigenvalue weighted by Gasteiger charge is -2.44. The molecule has 9 heteroatoms. The van der Waals surface area contributed by atoms with Gasteiger partial charge in [-0.3, -0.25) is 4.79 Å². The zero-order valence-corrected chi connectivity index (χ0v) is 14.9. The van der Waals surface area contributed by atoms with Gasteiger partial charge in [-0.05, 0) is 12.8 Å². The smallest absolute Gasteiger partial charge is 0.226 e. The Hall–Kier alpha value is -0.740. The summed E-state index contributed by atoms with van der Waals surface area (Å²) in [7, 11) is -3.33. The minimum atomic E-state index is -3.33. The van der Waals surface area contributed by atoms with Gasteiger partial charge in [0.1, 0.15) is 5.60 Å². The normalized spacial score (nSPS) is 31.1. The second kappa shape index (κ2) is 7.25. The number of nitrogens with zero attached hydrogens (tertiary/aromatic N) is 2. The van der Waals surface area contributed by atoms with Crippen LogP contribution in [0.3, 0.4) is 0 Å². The Morgan fingerprint density at radius 1 is 1.04 bits per heavy atom. The highest BCUT2D eigenvalue weighted by atomic mass is 32.2. The fourth-order valence-electron chi connectivity index (χ4n) is 3.57. The van der Waals surface area contributed by atoms with Crippen molar-refractivity contribution in [2.24, 2.45) is 5.92 Å². The topological polar surface area (TPSA) is 85.4 Å². The minimum absolute atomic E-state index is 0.00777. The van der Waals surface area contributed by atoms with Gasteiger partial charge in [-0.15, -0.1) is 0 Å². The molecule has 0 saturated carbocycles. The fraction of sp³-hybridized carbons (Fsp3) is 0.933. The molecular weight excluding hydrogens is 336 g/mol. The Morgan fingerprint density at radius 3 is 2.50 bits per heavy atom. The van der Waals surface area contributed by atoms with Crippen molar-refractivity contribution >= 4 is 15.9 Å². The van der Waals surface area contributed by atoms with E-state index in [-0.39, 0.29) is 18.4 Å². The van der Waals surface area contributed by atoms with Crippen LogP contribution in [-0.4, -0.2) is 94.6 Å². The fourth-order valence-corrected chi connectivity index (χ4v) is 4.45. The first-order chi connectivity index (χ1) is 11.4. The third-order valence-corrected chi connectivity index (χ3v) is 6.16. The first-order valence-electron chi connectivity index (χ1n) is 8.43. The molecule has 0 unspecified atom stereocenters. The number of hydrogen-bond acceptors (Lipinski definition) is 6. The SMILES string of the molecule is CS(=O)(=O)N1CCOC[C@@]2(CN(C(=O)C3CCOCC3)CCO2)C1. The molecule has 0 radical (unpaired) electrons. The predicted octanol–water partition coefficient (Wildman–Crippen LogP) is -0.698. The number of carbonyl (C=O) groups is 1. The van der Waals surface area contributed by atoms with Gasteiger partial charge in [0.25, 0.3) is 0 Å². The number of carbonyl (C=O) groups excluding carboxylic acids is 1. The molecule has 3 saturated heterocycles. The molecule has 0 aliphatic carbocycles. The van der Waals surface area contributed by atoms with Crippen LogP contribution in [0.15, 0.2) is 0 Å². The predicted molar refractivity (Wildman–Crippen MR) is 86.0 cm³/mol. The van der Waals surface area contributed by atoms with E-state index in [0.717, 1.165) is 12.8 Å². The van der Waals surface area contributed by atoms with Crippen LogP contribution < -0.4 is 0 Å². The van der Waals surface area contributed by atoms with E-state index in [9.17, 15) is 13.2 Å². The molecule has 1 atom stereocenters. The number of amides is 1. The Bertz CT molecular complexity index is 562. The zero-order chi connectivity index (χ0) is 17.2. The van der Waals surface area contributed by atoms with Crippen LogP contribution in [0.25, 0.3) is 0 Å². The van der Waals surface area contributed by atoms with E-state index in [2.05, 4.69) is 0 Å². The Labute approximate surface area is 143 Å². The summed E-state index contributed by atoms with van der Waals surface area (Å²) in [6.07, 6.45) is 2.68. The number of ether oxygens (including phenoxy) is 3. The summed E-state index contributed by atoms with van der Waals surface area (Å²) >= 11 is 0. The maximum absolute atomic E-state index is 12.8. The van der Waals surface area contributed by atoms with Gasteiger partial charge in [-0.25, -0.2) is 8.42 Å². The molecule has 0 aromatic heterocycles. The van der Waals surface area contributed by atoms with Crippen LogP contribution in [0.1, 0.15) is 12.8 Å². The second-order valence-electron chi connectivity index (χ2n) is 6.83. The molecule has 3 heterocycles. The minimum Gasteiger partial charge on any atom is -0.381 e. The van der Waals surface area contributed by atoms with E-state index in [0.29, 0.717) is 52.7 Å². The summed E-state index contributed by atoms with van der Waals surface area (Å²) in [5.41, 5.74) is -0.779. The van der Waals surface area contributed by atoms with Gasteiger partial charge in [0.2, 0.25) is 15.9 Å². The van der Waals surface area contributed by atoms with Crippen molar-refractivity contribution in [1.82, 2.24) is 9.21 Å². The summed E-state index contributed by atoms with van der Waals surface area (Å²) in [6.45, 7) is 3.74. The summed E-state index contributed by atoms with van der Waals surface area (Å²) in [5.74, 6) is 0.114. The summed E-state index contributed by atoms with van der Waals surface area (Å²) in [5, 5.41) is 0. The number of sulfonamides is 1. The molecule has 0 N–H and O–H groups in total. The first-order valence-corrected chi connectivity index (χ1v) is 10.3. The number of rotatable bonds is 2. The van der Waals surface area contributed by atoms with E-state index >= 15 is 0 Å². The van der Waals surface area contributed by atoms with Gasteiger partial charge in [0.15, 0.2) is 0 Å². The van der Waals surface area contributed by atoms with Gasteiger partial charge in [-0.1, -0.05) is 0 Å². The Balaban J connectivity index is 1.71. The third kappa shape index (κ3) is 4.08. The molecule has 3 aliphatic rings. The van der Waals surface area contributed by atoms with E-state index in [1.54, 1.807) is 0 Å². The molecule has 3 aliphatic heterocycles. The third-order valence-electron chi connectivity index (χ3n) is 4.91. The Kier molecular flexibility index (Phi) is 5.45.